The van der Waals surface area contributed by atoms with Crippen LogP contribution in [0.1, 0.15) is 21.6 Å². The van der Waals surface area contributed by atoms with Crippen LogP contribution < -0.4 is 15.6 Å². The first-order chi connectivity index (χ1) is 14.3. The topological polar surface area (TPSA) is 96.1 Å². The average molecular weight is 418 g/mol. The van der Waals surface area contributed by atoms with Crippen LogP contribution in [0.3, 0.4) is 0 Å². The summed E-state index contributed by atoms with van der Waals surface area (Å²) in [5.41, 5.74) is 5.04. The Kier molecular flexibility index (Phi) is 6.05. The zero-order chi connectivity index (χ0) is 21.7. The van der Waals surface area contributed by atoms with Crippen molar-refractivity contribution < 1.29 is 27.5 Å². The Morgan fingerprint density at radius 1 is 1.07 bits per heavy atom. The Labute approximate surface area is 169 Å². The Hall–Kier alpha value is -3.82. The molecule has 0 bridgehead atoms. The lowest BCUT2D eigenvalue weighted by atomic mass is 10.1. The van der Waals surface area contributed by atoms with E-state index in [1.807, 2.05) is 0 Å². The van der Waals surface area contributed by atoms with Gasteiger partial charge in [0, 0.05) is 5.56 Å². The van der Waals surface area contributed by atoms with Gasteiger partial charge >= 0.3 is 6.18 Å². The number of carbonyl (C=O) groups is 2. The first kappa shape index (κ1) is 20.9. The fraction of sp³-hybridized carbons (Fsp3) is 0.150. The molecule has 3 N–H and O–H groups in total. The number of H-pyrrole nitrogens is 1. The molecule has 0 fully saturated rings. The van der Waals surface area contributed by atoms with Crippen molar-refractivity contribution in [3.63, 3.8) is 0 Å². The van der Waals surface area contributed by atoms with Gasteiger partial charge in [-0.15, -0.1) is 0 Å². The van der Waals surface area contributed by atoms with Gasteiger partial charge in [0.15, 0.2) is 0 Å². The minimum atomic E-state index is -4.50. The van der Waals surface area contributed by atoms with Crippen LogP contribution in [-0.2, 0) is 17.4 Å². The number of nitrogens with one attached hydrogen (secondary N) is 3. The van der Waals surface area contributed by atoms with Gasteiger partial charge in [-0.1, -0.05) is 18.2 Å². The maximum absolute atomic E-state index is 12.7. The lowest BCUT2D eigenvalue weighted by Crippen LogP contribution is -2.42. The van der Waals surface area contributed by atoms with Gasteiger partial charge in [-0.2, -0.15) is 18.3 Å². The molecule has 0 saturated heterocycles. The zero-order valence-electron chi connectivity index (χ0n) is 15.7. The van der Waals surface area contributed by atoms with Gasteiger partial charge in [0.25, 0.3) is 5.91 Å². The third-order valence-corrected chi connectivity index (χ3v) is 4.14. The summed E-state index contributed by atoms with van der Waals surface area (Å²) in [5, 5.41) is 6.61. The molecule has 3 rings (SSSR count). The van der Waals surface area contributed by atoms with Crippen molar-refractivity contribution >= 4 is 11.8 Å². The van der Waals surface area contributed by atoms with Crippen LogP contribution in [0, 0.1) is 0 Å². The number of hydrazine groups is 1. The average Bonchev–Trinajstić information content (AvgIpc) is 3.22. The van der Waals surface area contributed by atoms with E-state index < -0.39 is 23.6 Å². The summed E-state index contributed by atoms with van der Waals surface area (Å²) in [6.07, 6.45) is -4.83. The molecule has 1 heterocycles. The zero-order valence-corrected chi connectivity index (χ0v) is 15.7. The Balaban J connectivity index is 1.57. The molecule has 0 unspecified atom stereocenters. The van der Waals surface area contributed by atoms with E-state index in [1.165, 1.54) is 18.2 Å². The first-order valence-corrected chi connectivity index (χ1v) is 8.71. The van der Waals surface area contributed by atoms with E-state index in [1.54, 1.807) is 31.4 Å². The highest BCUT2D eigenvalue weighted by molar-refractivity contribution is 5.94. The first-order valence-electron chi connectivity index (χ1n) is 8.71. The summed E-state index contributed by atoms with van der Waals surface area (Å²) in [6.45, 7) is 0. The number of nitrogens with zero attached hydrogens (tertiary/aromatic N) is 1. The molecule has 2 amide bonds. The number of rotatable bonds is 5. The number of carbonyl (C=O) groups excluding carboxylic acids is 2. The molecule has 0 atom stereocenters. The lowest BCUT2D eigenvalue weighted by Gasteiger charge is -2.09. The largest absolute Gasteiger partial charge is 0.497 e. The van der Waals surface area contributed by atoms with Crippen LogP contribution in [0.15, 0.2) is 54.6 Å². The highest BCUT2D eigenvalue weighted by Gasteiger charge is 2.30. The molecular weight excluding hydrogens is 401 g/mol. The number of methoxy groups -OCH3 is 1. The van der Waals surface area contributed by atoms with Crippen LogP contribution in [0.2, 0.25) is 0 Å². The van der Waals surface area contributed by atoms with Crippen molar-refractivity contribution in [2.45, 2.75) is 12.6 Å². The van der Waals surface area contributed by atoms with Crippen LogP contribution in [0.5, 0.6) is 5.75 Å². The van der Waals surface area contributed by atoms with Gasteiger partial charge in [0.05, 0.1) is 24.8 Å². The quantitative estimate of drug-likeness (QED) is 0.555. The smallest absolute Gasteiger partial charge is 0.416 e. The second-order valence-electron chi connectivity index (χ2n) is 6.27. The number of benzene rings is 2. The van der Waals surface area contributed by atoms with Crippen LogP contribution in [-0.4, -0.2) is 29.1 Å². The predicted molar refractivity (Wildman–Crippen MR) is 101 cm³/mol. The molecule has 3 aromatic rings. The standard InChI is InChI=1S/C20H17F3N4O3/c1-30-15-7-5-13(6-8-15)16-11-17(25-24-16)19(29)27-26-18(28)10-12-3-2-4-14(9-12)20(21,22)23/h2-9,11H,10H2,1H3,(H,24,25)(H,26,28)(H,27,29). The number of aromatic amines is 1. The Morgan fingerprint density at radius 2 is 1.80 bits per heavy atom. The third kappa shape index (κ3) is 5.16. The van der Waals surface area contributed by atoms with E-state index in [-0.39, 0.29) is 17.7 Å². The predicted octanol–water partition coefficient (Wildman–Crippen LogP) is 3.11. The fourth-order valence-corrected chi connectivity index (χ4v) is 2.63. The third-order valence-electron chi connectivity index (χ3n) is 4.14. The summed E-state index contributed by atoms with van der Waals surface area (Å²) < 4.78 is 43.3. The highest BCUT2D eigenvalue weighted by Crippen LogP contribution is 2.29. The summed E-state index contributed by atoms with van der Waals surface area (Å²) in [7, 11) is 1.55. The number of halogens is 3. The number of amides is 2. The maximum Gasteiger partial charge on any atom is 0.416 e. The van der Waals surface area contributed by atoms with Gasteiger partial charge in [-0.25, -0.2) is 0 Å². The molecule has 2 aromatic carbocycles. The monoisotopic (exact) mass is 418 g/mol. The molecular formula is C20H17F3N4O3. The van der Waals surface area contributed by atoms with Gasteiger partial charge in [0.1, 0.15) is 11.4 Å². The molecule has 1 aromatic heterocycles. The molecule has 10 heteroatoms. The van der Waals surface area contributed by atoms with Crippen molar-refractivity contribution in [2.75, 3.05) is 7.11 Å². The second-order valence-corrected chi connectivity index (χ2v) is 6.27. The Bertz CT molecular complexity index is 1050. The van der Waals surface area contributed by atoms with Crippen molar-refractivity contribution in [1.29, 1.82) is 0 Å². The van der Waals surface area contributed by atoms with Crippen LogP contribution in [0.4, 0.5) is 13.2 Å². The van der Waals surface area contributed by atoms with Crippen LogP contribution in [0.25, 0.3) is 11.3 Å². The summed E-state index contributed by atoms with van der Waals surface area (Å²) >= 11 is 0. The van der Waals surface area contributed by atoms with Crippen molar-refractivity contribution in [1.82, 2.24) is 21.0 Å². The highest BCUT2D eigenvalue weighted by atomic mass is 19.4. The minimum absolute atomic E-state index is 0.0974. The van der Waals surface area contributed by atoms with Gasteiger partial charge in [-0.3, -0.25) is 25.5 Å². The van der Waals surface area contributed by atoms with Crippen molar-refractivity contribution in [2.24, 2.45) is 0 Å². The van der Waals surface area contributed by atoms with E-state index in [0.29, 0.717) is 11.4 Å². The van der Waals surface area contributed by atoms with Crippen LogP contribution >= 0.6 is 0 Å². The number of alkyl halides is 3. The molecule has 0 aliphatic carbocycles. The Morgan fingerprint density at radius 3 is 2.47 bits per heavy atom. The van der Waals surface area contributed by atoms with Crippen molar-refractivity contribution in [3.05, 3.63) is 71.4 Å². The molecule has 0 radical (unpaired) electrons. The number of aromatic nitrogens is 2. The normalized spacial score (nSPS) is 11.1. The van der Waals surface area contributed by atoms with Gasteiger partial charge < -0.3 is 4.74 Å². The lowest BCUT2D eigenvalue weighted by molar-refractivity contribution is -0.137. The SMILES string of the molecule is COc1ccc(-c2cc(C(=O)NNC(=O)Cc3cccc(C(F)(F)F)c3)[nH]n2)cc1. The molecule has 0 saturated carbocycles. The molecule has 0 aliphatic heterocycles. The minimum Gasteiger partial charge on any atom is -0.497 e. The van der Waals surface area contributed by atoms with E-state index in [0.717, 1.165) is 17.7 Å². The second kappa shape index (κ2) is 8.68. The molecule has 0 spiro atoms. The number of hydrogen-bond acceptors (Lipinski definition) is 4. The maximum atomic E-state index is 12.7. The van der Waals surface area contributed by atoms with E-state index in [2.05, 4.69) is 21.0 Å². The summed E-state index contributed by atoms with van der Waals surface area (Å²) in [4.78, 5) is 24.1. The number of hydrogen-bond donors (Lipinski definition) is 3. The molecule has 0 aliphatic rings. The summed E-state index contributed by atoms with van der Waals surface area (Å²) in [6, 6.07) is 13.0. The van der Waals surface area contributed by atoms with E-state index in [4.69, 9.17) is 4.74 Å². The number of ether oxygens (including phenoxy) is 1. The van der Waals surface area contributed by atoms with Gasteiger partial charge in [-0.05, 0) is 42.0 Å². The van der Waals surface area contributed by atoms with Gasteiger partial charge in [0.2, 0.25) is 5.91 Å². The van der Waals surface area contributed by atoms with E-state index >= 15 is 0 Å². The molecule has 156 valence electrons. The molecule has 30 heavy (non-hydrogen) atoms. The van der Waals surface area contributed by atoms with Crippen molar-refractivity contribution in [3.8, 4) is 17.0 Å². The fourth-order valence-electron chi connectivity index (χ4n) is 2.63. The van der Waals surface area contributed by atoms with E-state index in [9.17, 15) is 22.8 Å². The summed E-state index contributed by atoms with van der Waals surface area (Å²) in [5.74, 6) is -0.645. The molecule has 7 nitrogen and oxygen atoms in total.